The summed E-state index contributed by atoms with van der Waals surface area (Å²) >= 11 is 1.38. The standard InChI is InChI=1S/C24H24F4N4OS/c1-14-4-3-11-32(19(14)13-30-20-10-7-17(12-29-20)24(26,27)28)23(33)21-22(34-15(2)31-21)16-5-8-18(25)9-6-16/h5-10,12,14,19H,3-4,11,13H2,1-2H3,(H,29,30)/t14-,19?/m0/s1. The molecule has 1 aliphatic rings. The van der Waals surface area contributed by atoms with E-state index in [1.54, 1.807) is 17.0 Å². The maximum Gasteiger partial charge on any atom is 0.417 e. The highest BCUT2D eigenvalue weighted by Gasteiger charge is 2.35. The molecule has 1 saturated heterocycles. The van der Waals surface area contributed by atoms with Crippen LogP contribution >= 0.6 is 11.3 Å². The smallest absolute Gasteiger partial charge is 0.368 e. The summed E-state index contributed by atoms with van der Waals surface area (Å²) in [6.45, 7) is 4.78. The Bertz CT molecular complexity index is 1150. The summed E-state index contributed by atoms with van der Waals surface area (Å²) in [5.74, 6) is -0.0727. The molecule has 2 aromatic heterocycles. The Balaban J connectivity index is 1.54. The molecule has 5 nitrogen and oxygen atoms in total. The molecule has 1 N–H and O–H groups in total. The molecule has 1 aliphatic heterocycles. The number of nitrogens with zero attached hydrogens (tertiary/aromatic N) is 3. The van der Waals surface area contributed by atoms with Gasteiger partial charge < -0.3 is 10.2 Å². The van der Waals surface area contributed by atoms with E-state index in [-0.39, 0.29) is 23.7 Å². The van der Waals surface area contributed by atoms with Crippen LogP contribution in [0.15, 0.2) is 42.6 Å². The van der Waals surface area contributed by atoms with Gasteiger partial charge in [0.25, 0.3) is 5.91 Å². The van der Waals surface area contributed by atoms with Crippen LogP contribution in [0.3, 0.4) is 0 Å². The van der Waals surface area contributed by atoms with E-state index in [1.165, 1.54) is 29.5 Å². The number of aryl methyl sites for hydroxylation is 1. The van der Waals surface area contributed by atoms with Gasteiger partial charge in [0.2, 0.25) is 0 Å². The minimum Gasteiger partial charge on any atom is -0.368 e. The van der Waals surface area contributed by atoms with Gasteiger partial charge in [0.1, 0.15) is 17.3 Å². The van der Waals surface area contributed by atoms with Gasteiger partial charge in [0, 0.05) is 19.3 Å². The summed E-state index contributed by atoms with van der Waals surface area (Å²) in [6, 6.07) is 8.06. The number of alkyl halides is 3. The van der Waals surface area contributed by atoms with Crippen molar-refractivity contribution in [1.29, 1.82) is 0 Å². The van der Waals surface area contributed by atoms with Gasteiger partial charge in [-0.1, -0.05) is 19.1 Å². The number of hydrogen-bond donors (Lipinski definition) is 1. The lowest BCUT2D eigenvalue weighted by molar-refractivity contribution is -0.137. The number of amides is 1. The molecule has 34 heavy (non-hydrogen) atoms. The molecule has 0 radical (unpaired) electrons. The van der Waals surface area contributed by atoms with Gasteiger partial charge >= 0.3 is 6.18 Å². The topological polar surface area (TPSA) is 58.1 Å². The van der Waals surface area contributed by atoms with Gasteiger partial charge in [0.15, 0.2) is 0 Å². The molecule has 180 valence electrons. The van der Waals surface area contributed by atoms with Crippen LogP contribution in [0.4, 0.5) is 23.4 Å². The zero-order valence-electron chi connectivity index (χ0n) is 18.7. The van der Waals surface area contributed by atoms with Crippen molar-refractivity contribution < 1.29 is 22.4 Å². The van der Waals surface area contributed by atoms with Crippen LogP contribution in [0, 0.1) is 18.7 Å². The molecule has 3 heterocycles. The number of benzene rings is 1. The lowest BCUT2D eigenvalue weighted by Gasteiger charge is -2.40. The van der Waals surface area contributed by atoms with Crippen LogP contribution in [-0.2, 0) is 6.18 Å². The van der Waals surface area contributed by atoms with Gasteiger partial charge in [-0.05, 0) is 55.5 Å². The van der Waals surface area contributed by atoms with Crippen molar-refractivity contribution in [1.82, 2.24) is 14.9 Å². The number of likely N-dealkylation sites (tertiary alicyclic amines) is 1. The minimum absolute atomic E-state index is 0.175. The number of piperidine rings is 1. The van der Waals surface area contributed by atoms with Crippen LogP contribution in [-0.4, -0.2) is 39.9 Å². The van der Waals surface area contributed by atoms with Gasteiger partial charge in [0.05, 0.1) is 21.5 Å². The molecule has 10 heteroatoms. The summed E-state index contributed by atoms with van der Waals surface area (Å²) in [4.78, 5) is 24.5. The number of rotatable bonds is 5. The summed E-state index contributed by atoms with van der Waals surface area (Å²) in [5.41, 5.74) is 0.248. The fourth-order valence-electron chi connectivity index (χ4n) is 4.19. The van der Waals surface area contributed by atoms with Crippen molar-refractivity contribution in [2.45, 2.75) is 38.9 Å². The number of nitrogens with one attached hydrogen (secondary N) is 1. The maximum absolute atomic E-state index is 13.6. The summed E-state index contributed by atoms with van der Waals surface area (Å²) < 4.78 is 51.8. The summed E-state index contributed by atoms with van der Waals surface area (Å²) in [5, 5.41) is 3.82. The zero-order chi connectivity index (χ0) is 24.5. The van der Waals surface area contributed by atoms with Crippen molar-refractivity contribution in [3.8, 4) is 10.4 Å². The van der Waals surface area contributed by atoms with E-state index in [1.807, 2.05) is 6.92 Å². The second kappa shape index (κ2) is 9.69. The first-order valence-corrected chi connectivity index (χ1v) is 11.8. The lowest BCUT2D eigenvalue weighted by Crippen LogP contribution is -2.51. The Hall–Kier alpha value is -3.01. The van der Waals surface area contributed by atoms with Crippen molar-refractivity contribution in [2.75, 3.05) is 18.4 Å². The molecule has 3 aromatic rings. The summed E-state index contributed by atoms with van der Waals surface area (Å²) in [7, 11) is 0. The Labute approximate surface area is 198 Å². The number of thiazole rings is 1. The predicted molar refractivity (Wildman–Crippen MR) is 123 cm³/mol. The number of halogens is 4. The van der Waals surface area contributed by atoms with Crippen LogP contribution in [0.1, 0.15) is 40.8 Å². The molecular formula is C24H24F4N4OS. The van der Waals surface area contributed by atoms with E-state index >= 15 is 0 Å². The molecule has 0 saturated carbocycles. The van der Waals surface area contributed by atoms with E-state index in [2.05, 4.69) is 22.2 Å². The quantitative estimate of drug-likeness (QED) is 0.442. The number of carbonyl (C=O) groups excluding carboxylic acids is 1. The average Bonchev–Trinajstić information content (AvgIpc) is 3.19. The Morgan fingerprint density at radius 2 is 1.94 bits per heavy atom. The average molecular weight is 493 g/mol. The molecular weight excluding hydrogens is 468 g/mol. The highest BCUT2D eigenvalue weighted by atomic mass is 32.1. The van der Waals surface area contributed by atoms with Gasteiger partial charge in [-0.2, -0.15) is 13.2 Å². The van der Waals surface area contributed by atoms with Gasteiger partial charge in [-0.25, -0.2) is 14.4 Å². The number of aromatic nitrogens is 2. The third-order valence-corrected chi connectivity index (χ3v) is 7.02. The van der Waals surface area contributed by atoms with Gasteiger partial charge in [-0.3, -0.25) is 4.79 Å². The highest BCUT2D eigenvalue weighted by Crippen LogP contribution is 2.34. The van der Waals surface area contributed by atoms with Crippen molar-refractivity contribution in [3.63, 3.8) is 0 Å². The third-order valence-electron chi connectivity index (χ3n) is 6.00. The number of carbonyl (C=O) groups is 1. The molecule has 1 aromatic carbocycles. The Morgan fingerprint density at radius 3 is 2.59 bits per heavy atom. The lowest BCUT2D eigenvalue weighted by atomic mass is 9.90. The molecule has 0 spiro atoms. The van der Waals surface area contributed by atoms with Crippen molar-refractivity contribution in [2.24, 2.45) is 5.92 Å². The van der Waals surface area contributed by atoms with E-state index in [0.717, 1.165) is 35.7 Å². The second-order valence-electron chi connectivity index (χ2n) is 8.41. The molecule has 1 unspecified atom stereocenters. The zero-order valence-corrected chi connectivity index (χ0v) is 19.5. The van der Waals surface area contributed by atoms with Crippen molar-refractivity contribution in [3.05, 3.63) is 64.7 Å². The molecule has 4 rings (SSSR count). The van der Waals surface area contributed by atoms with Crippen LogP contribution < -0.4 is 5.32 Å². The van der Waals surface area contributed by atoms with E-state index in [4.69, 9.17) is 0 Å². The number of pyridine rings is 1. The minimum atomic E-state index is -4.44. The Morgan fingerprint density at radius 1 is 1.21 bits per heavy atom. The normalized spacial score (nSPS) is 18.7. The Kier molecular flexibility index (Phi) is 6.88. The number of anilines is 1. The number of hydrogen-bond acceptors (Lipinski definition) is 5. The van der Waals surface area contributed by atoms with Crippen molar-refractivity contribution >= 4 is 23.1 Å². The molecule has 0 bridgehead atoms. The van der Waals surface area contributed by atoms with Crippen LogP contribution in [0.5, 0.6) is 0 Å². The van der Waals surface area contributed by atoms with E-state index in [0.29, 0.717) is 29.5 Å². The third kappa shape index (κ3) is 5.22. The molecule has 1 fully saturated rings. The fraction of sp³-hybridized carbons (Fsp3) is 0.375. The largest absolute Gasteiger partial charge is 0.417 e. The molecule has 0 aliphatic carbocycles. The van der Waals surface area contributed by atoms with Crippen LogP contribution in [0.25, 0.3) is 10.4 Å². The SMILES string of the molecule is Cc1nc(C(=O)N2CCC[C@H](C)C2CNc2ccc(C(F)(F)F)cn2)c(-c2ccc(F)cc2)s1. The predicted octanol–water partition coefficient (Wildman–Crippen LogP) is 6.02. The first-order chi connectivity index (χ1) is 16.1. The second-order valence-corrected chi connectivity index (χ2v) is 9.62. The molecule has 2 atom stereocenters. The van der Waals surface area contributed by atoms with Gasteiger partial charge in [-0.15, -0.1) is 11.3 Å². The van der Waals surface area contributed by atoms with E-state index in [9.17, 15) is 22.4 Å². The van der Waals surface area contributed by atoms with E-state index < -0.39 is 11.7 Å². The first kappa shape index (κ1) is 24.1. The van der Waals surface area contributed by atoms with Crippen LogP contribution in [0.2, 0.25) is 0 Å². The fourth-order valence-corrected chi connectivity index (χ4v) is 5.11. The maximum atomic E-state index is 13.6. The highest BCUT2D eigenvalue weighted by molar-refractivity contribution is 7.15. The first-order valence-electron chi connectivity index (χ1n) is 10.9. The summed E-state index contributed by atoms with van der Waals surface area (Å²) in [6.07, 6.45) is -1.88. The molecule has 1 amide bonds. The monoisotopic (exact) mass is 492 g/mol.